The van der Waals surface area contributed by atoms with Crippen LogP contribution in [0.25, 0.3) is 0 Å². The Balaban J connectivity index is 2.55. The monoisotopic (exact) mass is 182 g/mol. The summed E-state index contributed by atoms with van der Waals surface area (Å²) in [6, 6.07) is 9.00. The van der Waals surface area contributed by atoms with E-state index in [1.165, 1.54) is 7.11 Å². The van der Waals surface area contributed by atoms with Crippen molar-refractivity contribution in [3.05, 3.63) is 35.9 Å². The average molecular weight is 182 g/mol. The van der Waals surface area contributed by atoms with Gasteiger partial charge in [0, 0.05) is 6.42 Å². The third-order valence-electron chi connectivity index (χ3n) is 1.71. The summed E-state index contributed by atoms with van der Waals surface area (Å²) in [6.45, 7) is 0. The first-order valence-corrected chi connectivity index (χ1v) is 4.00. The highest BCUT2D eigenvalue weighted by atomic mass is 19.1. The van der Waals surface area contributed by atoms with Crippen molar-refractivity contribution in [2.75, 3.05) is 7.11 Å². The number of carbonyl (C=O) groups is 1. The van der Waals surface area contributed by atoms with Gasteiger partial charge in [-0.05, 0) is 5.56 Å². The van der Waals surface area contributed by atoms with Crippen molar-refractivity contribution in [1.29, 1.82) is 0 Å². The van der Waals surface area contributed by atoms with E-state index in [9.17, 15) is 9.18 Å². The standard InChI is InChI=1S/C10H11FO2/c1-13-10(12)9(11)7-8-5-3-2-4-6-8/h2-6,9H,7H2,1H3. The third kappa shape index (κ3) is 2.86. The quantitative estimate of drug-likeness (QED) is 0.665. The lowest BCUT2D eigenvalue weighted by Gasteiger charge is -2.05. The molecule has 0 bridgehead atoms. The summed E-state index contributed by atoms with van der Waals surface area (Å²) >= 11 is 0. The first-order valence-electron chi connectivity index (χ1n) is 4.00. The second kappa shape index (κ2) is 4.60. The number of benzene rings is 1. The first kappa shape index (κ1) is 9.71. The maximum Gasteiger partial charge on any atom is 0.340 e. The number of hydrogen-bond acceptors (Lipinski definition) is 2. The van der Waals surface area contributed by atoms with Crippen molar-refractivity contribution in [3.8, 4) is 0 Å². The molecule has 0 radical (unpaired) electrons. The molecular formula is C10H11FO2. The zero-order valence-corrected chi connectivity index (χ0v) is 7.37. The molecule has 0 spiro atoms. The van der Waals surface area contributed by atoms with Crippen LogP contribution in [-0.2, 0) is 16.0 Å². The van der Waals surface area contributed by atoms with Crippen LogP contribution in [0.1, 0.15) is 5.56 Å². The van der Waals surface area contributed by atoms with Gasteiger partial charge in [-0.2, -0.15) is 0 Å². The molecule has 3 heteroatoms. The molecule has 1 unspecified atom stereocenters. The summed E-state index contributed by atoms with van der Waals surface area (Å²) in [7, 11) is 1.18. The van der Waals surface area contributed by atoms with Gasteiger partial charge >= 0.3 is 5.97 Å². The Kier molecular flexibility index (Phi) is 3.43. The highest BCUT2D eigenvalue weighted by Gasteiger charge is 2.17. The van der Waals surface area contributed by atoms with Gasteiger partial charge in [0.1, 0.15) is 0 Å². The van der Waals surface area contributed by atoms with Crippen LogP contribution in [0.3, 0.4) is 0 Å². The first-order chi connectivity index (χ1) is 6.24. The summed E-state index contributed by atoms with van der Waals surface area (Å²) in [4.78, 5) is 10.7. The van der Waals surface area contributed by atoms with Crippen LogP contribution in [0.2, 0.25) is 0 Å². The lowest BCUT2D eigenvalue weighted by atomic mass is 10.1. The van der Waals surface area contributed by atoms with Crippen LogP contribution in [0.15, 0.2) is 30.3 Å². The number of methoxy groups -OCH3 is 1. The molecule has 1 aromatic carbocycles. The van der Waals surface area contributed by atoms with Crippen LogP contribution < -0.4 is 0 Å². The molecule has 0 N–H and O–H groups in total. The molecule has 70 valence electrons. The molecule has 0 heterocycles. The predicted octanol–water partition coefficient (Wildman–Crippen LogP) is 1.74. The van der Waals surface area contributed by atoms with Crippen LogP contribution >= 0.6 is 0 Å². The van der Waals surface area contributed by atoms with Gasteiger partial charge in [0.15, 0.2) is 0 Å². The van der Waals surface area contributed by atoms with E-state index >= 15 is 0 Å². The fourth-order valence-corrected chi connectivity index (χ4v) is 1.03. The number of hydrogen-bond donors (Lipinski definition) is 0. The Labute approximate surface area is 76.3 Å². The average Bonchev–Trinajstić information content (AvgIpc) is 2.18. The number of esters is 1. The summed E-state index contributed by atoms with van der Waals surface area (Å²) < 4.78 is 17.3. The summed E-state index contributed by atoms with van der Waals surface area (Å²) in [5.74, 6) is -0.816. The highest BCUT2D eigenvalue weighted by molar-refractivity contribution is 5.74. The molecule has 0 aliphatic carbocycles. The molecule has 0 saturated carbocycles. The molecule has 0 amide bonds. The molecule has 2 nitrogen and oxygen atoms in total. The van der Waals surface area contributed by atoms with E-state index in [-0.39, 0.29) is 6.42 Å². The van der Waals surface area contributed by atoms with Crippen LogP contribution in [0.5, 0.6) is 0 Å². The zero-order valence-electron chi connectivity index (χ0n) is 7.37. The van der Waals surface area contributed by atoms with E-state index < -0.39 is 12.1 Å². The van der Waals surface area contributed by atoms with Gasteiger partial charge in [-0.1, -0.05) is 30.3 Å². The van der Waals surface area contributed by atoms with Gasteiger partial charge in [0.2, 0.25) is 6.17 Å². The van der Waals surface area contributed by atoms with Crippen molar-refractivity contribution in [3.63, 3.8) is 0 Å². The topological polar surface area (TPSA) is 26.3 Å². The summed E-state index contributed by atoms with van der Waals surface area (Å²) in [5.41, 5.74) is 0.792. The van der Waals surface area contributed by atoms with Crippen LogP contribution in [-0.4, -0.2) is 19.3 Å². The molecule has 13 heavy (non-hydrogen) atoms. The predicted molar refractivity (Wildman–Crippen MR) is 47.1 cm³/mol. The molecule has 0 aliphatic heterocycles. The molecule has 0 saturated heterocycles. The Morgan fingerprint density at radius 2 is 2.08 bits per heavy atom. The molecular weight excluding hydrogens is 171 g/mol. The lowest BCUT2D eigenvalue weighted by molar-refractivity contribution is -0.146. The van der Waals surface area contributed by atoms with Crippen LogP contribution in [0, 0.1) is 0 Å². The Morgan fingerprint density at radius 1 is 1.46 bits per heavy atom. The summed E-state index contributed by atoms with van der Waals surface area (Å²) in [6.07, 6.45) is -1.49. The van der Waals surface area contributed by atoms with E-state index in [0.717, 1.165) is 5.56 Å². The number of halogens is 1. The molecule has 1 atom stereocenters. The smallest absolute Gasteiger partial charge is 0.340 e. The number of rotatable bonds is 3. The van der Waals surface area contributed by atoms with Crippen molar-refractivity contribution >= 4 is 5.97 Å². The van der Waals surface area contributed by atoms with E-state index in [1.54, 1.807) is 24.3 Å². The summed E-state index contributed by atoms with van der Waals surface area (Å²) in [5, 5.41) is 0. The SMILES string of the molecule is COC(=O)C(F)Cc1ccccc1. The Hall–Kier alpha value is -1.38. The maximum atomic E-state index is 13.0. The van der Waals surface area contributed by atoms with Gasteiger partial charge in [0.25, 0.3) is 0 Å². The molecule has 1 rings (SSSR count). The molecule has 0 fully saturated rings. The largest absolute Gasteiger partial charge is 0.467 e. The highest BCUT2D eigenvalue weighted by Crippen LogP contribution is 2.06. The van der Waals surface area contributed by atoms with Gasteiger partial charge in [-0.3, -0.25) is 0 Å². The second-order valence-corrected chi connectivity index (χ2v) is 2.68. The Bertz CT molecular complexity index is 272. The molecule has 0 aliphatic rings. The Morgan fingerprint density at radius 3 is 2.62 bits per heavy atom. The minimum absolute atomic E-state index is 0.0769. The normalized spacial score (nSPS) is 12.2. The van der Waals surface area contributed by atoms with Crippen LogP contribution in [0.4, 0.5) is 4.39 Å². The van der Waals surface area contributed by atoms with E-state index in [4.69, 9.17) is 0 Å². The fraction of sp³-hybridized carbons (Fsp3) is 0.300. The van der Waals surface area contributed by atoms with Crippen molar-refractivity contribution in [2.24, 2.45) is 0 Å². The van der Waals surface area contributed by atoms with Gasteiger partial charge in [-0.15, -0.1) is 0 Å². The van der Waals surface area contributed by atoms with E-state index in [2.05, 4.69) is 4.74 Å². The third-order valence-corrected chi connectivity index (χ3v) is 1.71. The van der Waals surface area contributed by atoms with Crippen molar-refractivity contribution in [1.82, 2.24) is 0 Å². The zero-order chi connectivity index (χ0) is 9.68. The molecule has 0 aromatic heterocycles. The number of carbonyl (C=O) groups excluding carboxylic acids is 1. The second-order valence-electron chi connectivity index (χ2n) is 2.68. The number of alkyl halides is 1. The van der Waals surface area contributed by atoms with Crippen molar-refractivity contribution in [2.45, 2.75) is 12.6 Å². The fourth-order valence-electron chi connectivity index (χ4n) is 1.03. The van der Waals surface area contributed by atoms with Gasteiger partial charge in [-0.25, -0.2) is 9.18 Å². The van der Waals surface area contributed by atoms with Gasteiger partial charge < -0.3 is 4.74 Å². The van der Waals surface area contributed by atoms with E-state index in [1.807, 2.05) is 6.07 Å². The van der Waals surface area contributed by atoms with Gasteiger partial charge in [0.05, 0.1) is 7.11 Å². The minimum atomic E-state index is -1.56. The maximum absolute atomic E-state index is 13.0. The minimum Gasteiger partial charge on any atom is -0.467 e. The van der Waals surface area contributed by atoms with E-state index in [0.29, 0.717) is 0 Å². The molecule has 1 aromatic rings. The van der Waals surface area contributed by atoms with Crippen molar-refractivity contribution < 1.29 is 13.9 Å². The number of ether oxygens (including phenoxy) is 1. The lowest BCUT2D eigenvalue weighted by Crippen LogP contribution is -2.19.